The van der Waals surface area contributed by atoms with E-state index in [-0.39, 0.29) is 16.7 Å². The summed E-state index contributed by atoms with van der Waals surface area (Å²) in [6, 6.07) is 8.41. The third-order valence-electron chi connectivity index (χ3n) is 5.38. The Balaban J connectivity index is 1.87. The van der Waals surface area contributed by atoms with Gasteiger partial charge in [0.2, 0.25) is 11.8 Å². The van der Waals surface area contributed by atoms with Gasteiger partial charge in [0.05, 0.1) is 4.90 Å². The van der Waals surface area contributed by atoms with Crippen molar-refractivity contribution in [1.29, 1.82) is 0 Å². The van der Waals surface area contributed by atoms with Crippen LogP contribution in [0, 0.1) is 13.8 Å². The number of carbonyl (C=O) groups is 2. The van der Waals surface area contributed by atoms with Crippen molar-refractivity contribution in [2.45, 2.75) is 58.3 Å². The Labute approximate surface area is 183 Å². The predicted molar refractivity (Wildman–Crippen MR) is 123 cm³/mol. The van der Waals surface area contributed by atoms with Gasteiger partial charge in [-0.2, -0.15) is 0 Å². The van der Waals surface area contributed by atoms with Crippen LogP contribution in [0.4, 0.5) is 17.1 Å². The summed E-state index contributed by atoms with van der Waals surface area (Å²) in [4.78, 5) is 25.6. The number of amides is 2. The summed E-state index contributed by atoms with van der Waals surface area (Å²) >= 11 is 0. The van der Waals surface area contributed by atoms with Gasteiger partial charge in [-0.3, -0.25) is 14.3 Å². The van der Waals surface area contributed by atoms with Crippen LogP contribution < -0.4 is 14.9 Å². The van der Waals surface area contributed by atoms with E-state index in [1.165, 1.54) is 6.92 Å². The molecule has 0 saturated carbocycles. The smallest absolute Gasteiger partial charge is 0.261 e. The minimum absolute atomic E-state index is 0.111. The van der Waals surface area contributed by atoms with Crippen molar-refractivity contribution in [3.63, 3.8) is 0 Å². The van der Waals surface area contributed by atoms with E-state index in [0.717, 1.165) is 24.1 Å². The second-order valence-corrected chi connectivity index (χ2v) is 9.64. The van der Waals surface area contributed by atoms with Gasteiger partial charge in [-0.05, 0) is 73.7 Å². The highest BCUT2D eigenvalue weighted by Crippen LogP contribution is 2.32. The molecule has 7 nitrogen and oxygen atoms in total. The number of unbranched alkanes of at least 4 members (excludes halogenated alkanes) is 1. The van der Waals surface area contributed by atoms with Crippen LogP contribution in [0.5, 0.6) is 0 Å². The van der Waals surface area contributed by atoms with E-state index < -0.39 is 10.0 Å². The molecule has 0 spiro atoms. The number of hydrogen-bond donors (Lipinski definition) is 2. The lowest BCUT2D eigenvalue weighted by Gasteiger charge is -2.30. The summed E-state index contributed by atoms with van der Waals surface area (Å²) in [5.41, 5.74) is 4.25. The number of nitrogens with zero attached hydrogens (tertiary/aromatic N) is 1. The third kappa shape index (κ3) is 5.07. The van der Waals surface area contributed by atoms with E-state index in [1.807, 2.05) is 12.1 Å². The van der Waals surface area contributed by atoms with Crippen LogP contribution >= 0.6 is 0 Å². The zero-order chi connectivity index (χ0) is 22.8. The molecule has 2 N–H and O–H groups in total. The van der Waals surface area contributed by atoms with Gasteiger partial charge < -0.3 is 10.2 Å². The van der Waals surface area contributed by atoms with E-state index in [1.54, 1.807) is 36.9 Å². The molecule has 1 aliphatic rings. The molecule has 8 heteroatoms. The molecule has 2 aromatic rings. The largest absolute Gasteiger partial charge is 0.326 e. The summed E-state index contributed by atoms with van der Waals surface area (Å²) in [5, 5.41) is 2.74. The Kier molecular flexibility index (Phi) is 6.69. The van der Waals surface area contributed by atoms with E-state index in [4.69, 9.17) is 0 Å². The Bertz CT molecular complexity index is 1100. The number of benzene rings is 2. The number of carbonyl (C=O) groups excluding carboxylic acids is 2. The summed E-state index contributed by atoms with van der Waals surface area (Å²) in [7, 11) is -3.81. The van der Waals surface area contributed by atoms with Crippen LogP contribution in [-0.2, 0) is 26.0 Å². The molecule has 0 fully saturated rings. The Morgan fingerprint density at radius 2 is 1.77 bits per heavy atom. The lowest BCUT2D eigenvalue weighted by Crippen LogP contribution is -2.35. The van der Waals surface area contributed by atoms with E-state index in [9.17, 15) is 18.0 Å². The highest BCUT2D eigenvalue weighted by atomic mass is 32.2. The van der Waals surface area contributed by atoms with Crippen LogP contribution in [0.2, 0.25) is 0 Å². The molecular formula is C23H29N3O4S. The van der Waals surface area contributed by atoms with E-state index >= 15 is 0 Å². The maximum atomic E-state index is 13.0. The maximum absolute atomic E-state index is 13.0. The quantitative estimate of drug-likeness (QED) is 0.672. The lowest BCUT2D eigenvalue weighted by atomic mass is 10.00. The molecule has 0 atom stereocenters. The summed E-state index contributed by atoms with van der Waals surface area (Å²) in [6.45, 7) is 7.69. The molecule has 2 aromatic carbocycles. The monoisotopic (exact) mass is 443 g/mol. The second-order valence-electron chi connectivity index (χ2n) is 7.96. The zero-order valence-electron chi connectivity index (χ0n) is 18.4. The molecule has 0 aromatic heterocycles. The van der Waals surface area contributed by atoms with Gasteiger partial charge in [0, 0.05) is 37.0 Å². The first-order valence-electron chi connectivity index (χ1n) is 10.5. The molecule has 1 aliphatic heterocycles. The molecule has 31 heavy (non-hydrogen) atoms. The van der Waals surface area contributed by atoms with Gasteiger partial charge in [0.15, 0.2) is 0 Å². The van der Waals surface area contributed by atoms with Crippen LogP contribution in [0.25, 0.3) is 0 Å². The van der Waals surface area contributed by atoms with Gasteiger partial charge >= 0.3 is 0 Å². The van der Waals surface area contributed by atoms with Crippen molar-refractivity contribution >= 4 is 38.9 Å². The van der Waals surface area contributed by atoms with Crippen LogP contribution in [-0.4, -0.2) is 26.8 Å². The standard InChI is InChI=1S/C23H29N3O4S/c1-5-6-11-26-21-9-8-19(14-18(21)7-10-22(26)28)25-31(29,30)20-12-15(2)23(16(3)13-20)24-17(4)27/h8-9,12-14,25H,5-7,10-11H2,1-4H3,(H,24,27). The zero-order valence-corrected chi connectivity index (χ0v) is 19.2. The second kappa shape index (κ2) is 9.09. The molecule has 0 aliphatic carbocycles. The number of rotatable bonds is 7. The molecule has 0 saturated heterocycles. The number of anilines is 3. The van der Waals surface area contributed by atoms with Crippen LogP contribution in [0.15, 0.2) is 35.2 Å². The van der Waals surface area contributed by atoms with Gasteiger partial charge in [0.1, 0.15) is 0 Å². The molecule has 0 unspecified atom stereocenters. The number of aryl methyl sites for hydroxylation is 3. The van der Waals surface area contributed by atoms with Crippen molar-refractivity contribution in [2.24, 2.45) is 0 Å². The number of hydrogen-bond acceptors (Lipinski definition) is 4. The van der Waals surface area contributed by atoms with Gasteiger partial charge in [0.25, 0.3) is 10.0 Å². The number of fused-ring (bicyclic) bond motifs is 1. The summed E-state index contributed by atoms with van der Waals surface area (Å²) < 4.78 is 28.7. The first kappa shape index (κ1) is 22.8. The first-order chi connectivity index (χ1) is 14.6. The number of nitrogens with one attached hydrogen (secondary N) is 2. The predicted octanol–water partition coefficient (Wildman–Crippen LogP) is 4.14. The van der Waals surface area contributed by atoms with E-state index in [0.29, 0.717) is 41.9 Å². The molecule has 3 rings (SSSR count). The van der Waals surface area contributed by atoms with E-state index in [2.05, 4.69) is 17.0 Å². The highest BCUT2D eigenvalue weighted by molar-refractivity contribution is 7.92. The Morgan fingerprint density at radius 3 is 2.39 bits per heavy atom. The van der Waals surface area contributed by atoms with Crippen molar-refractivity contribution in [1.82, 2.24) is 0 Å². The van der Waals surface area contributed by atoms with Crippen molar-refractivity contribution < 1.29 is 18.0 Å². The van der Waals surface area contributed by atoms with Crippen LogP contribution in [0.3, 0.4) is 0 Å². The maximum Gasteiger partial charge on any atom is 0.261 e. The normalized spacial score (nSPS) is 13.7. The molecule has 2 amide bonds. The van der Waals surface area contributed by atoms with Gasteiger partial charge in [-0.1, -0.05) is 13.3 Å². The molecule has 0 radical (unpaired) electrons. The average Bonchev–Trinajstić information content (AvgIpc) is 2.69. The Hall–Kier alpha value is -2.87. The lowest BCUT2D eigenvalue weighted by molar-refractivity contribution is -0.119. The molecule has 1 heterocycles. The van der Waals surface area contributed by atoms with Crippen molar-refractivity contribution in [3.8, 4) is 0 Å². The minimum Gasteiger partial charge on any atom is -0.326 e. The molecular weight excluding hydrogens is 414 g/mol. The topological polar surface area (TPSA) is 95.6 Å². The average molecular weight is 444 g/mol. The SMILES string of the molecule is CCCCN1C(=O)CCc2cc(NS(=O)(=O)c3cc(C)c(NC(C)=O)c(C)c3)ccc21. The summed E-state index contributed by atoms with van der Waals surface area (Å²) in [5.74, 6) is -0.0973. The fourth-order valence-corrected chi connectivity index (χ4v) is 5.07. The highest BCUT2D eigenvalue weighted by Gasteiger charge is 2.25. The summed E-state index contributed by atoms with van der Waals surface area (Å²) in [6.07, 6.45) is 2.94. The third-order valence-corrected chi connectivity index (χ3v) is 6.75. The fourth-order valence-electron chi connectivity index (χ4n) is 3.85. The number of sulfonamides is 1. The van der Waals surface area contributed by atoms with Gasteiger partial charge in [-0.15, -0.1) is 0 Å². The molecule has 0 bridgehead atoms. The van der Waals surface area contributed by atoms with Crippen molar-refractivity contribution in [2.75, 3.05) is 21.5 Å². The van der Waals surface area contributed by atoms with Gasteiger partial charge in [-0.25, -0.2) is 8.42 Å². The van der Waals surface area contributed by atoms with Crippen LogP contribution in [0.1, 0.15) is 49.8 Å². The first-order valence-corrected chi connectivity index (χ1v) is 12.0. The minimum atomic E-state index is -3.81. The fraction of sp³-hybridized carbons (Fsp3) is 0.391. The molecule has 166 valence electrons. The Morgan fingerprint density at radius 1 is 1.10 bits per heavy atom. The van der Waals surface area contributed by atoms with Crippen molar-refractivity contribution in [3.05, 3.63) is 47.0 Å².